The number of anilines is 1. The fraction of sp³-hybridized carbons (Fsp3) is 0.308. The molecule has 0 aromatic heterocycles. The summed E-state index contributed by atoms with van der Waals surface area (Å²) >= 11 is 0. The molecule has 1 N–H and O–H groups in total. The molecule has 5 nitrogen and oxygen atoms in total. The Hall–Kier alpha value is -2.35. The first-order valence-electron chi connectivity index (χ1n) is 5.76. The maximum Gasteiger partial charge on any atom is 0.252 e. The Kier molecular flexibility index (Phi) is 3.28. The van der Waals surface area contributed by atoms with Gasteiger partial charge in [0.15, 0.2) is 0 Å². The normalized spacial score (nSPS) is 18.9. The van der Waals surface area contributed by atoms with E-state index in [0.29, 0.717) is 12.1 Å². The van der Waals surface area contributed by atoms with Crippen molar-refractivity contribution < 1.29 is 9.59 Å². The second-order valence-corrected chi connectivity index (χ2v) is 4.07. The molecule has 1 aromatic carbocycles. The number of amides is 2. The third kappa shape index (κ3) is 2.18. The average molecular weight is 243 g/mol. The van der Waals surface area contributed by atoms with Gasteiger partial charge in [0.05, 0.1) is 18.1 Å². The molecule has 92 valence electrons. The highest BCUT2D eigenvalue weighted by Gasteiger charge is 2.37. The predicted octanol–water partition coefficient (Wildman–Crippen LogP) is 1.12. The summed E-state index contributed by atoms with van der Waals surface area (Å²) in [5.41, 5.74) is 1.29. The lowest BCUT2D eigenvalue weighted by atomic mass is 10.2. The van der Waals surface area contributed by atoms with Crippen molar-refractivity contribution >= 4 is 17.5 Å². The number of carbonyl (C=O) groups excluding carboxylic acids is 2. The third-order valence-electron chi connectivity index (χ3n) is 2.92. The summed E-state index contributed by atoms with van der Waals surface area (Å²) in [6.07, 6.45) is 0.187. The van der Waals surface area contributed by atoms with E-state index in [4.69, 9.17) is 5.26 Å². The van der Waals surface area contributed by atoms with Gasteiger partial charge in [0, 0.05) is 12.2 Å². The minimum atomic E-state index is -0.495. The standard InChI is InChI=1S/C13H13N3O2/c1-2-16-12(17)7-11(13(16)18)15-10-5-3-9(8-14)4-6-10/h3-6,11,15H,2,7H2,1H3. The van der Waals surface area contributed by atoms with Crippen molar-refractivity contribution in [2.24, 2.45) is 0 Å². The van der Waals surface area contributed by atoms with Crippen molar-refractivity contribution in [3.8, 4) is 6.07 Å². The van der Waals surface area contributed by atoms with Gasteiger partial charge in [-0.15, -0.1) is 0 Å². The number of nitriles is 1. The van der Waals surface area contributed by atoms with Crippen LogP contribution in [-0.2, 0) is 9.59 Å². The molecule has 1 fully saturated rings. The van der Waals surface area contributed by atoms with Crippen LogP contribution in [0.5, 0.6) is 0 Å². The Morgan fingerprint density at radius 2 is 2.06 bits per heavy atom. The molecular formula is C13H13N3O2. The van der Waals surface area contributed by atoms with Gasteiger partial charge in [-0.1, -0.05) is 0 Å². The largest absolute Gasteiger partial charge is 0.373 e. The smallest absolute Gasteiger partial charge is 0.252 e. The topological polar surface area (TPSA) is 73.2 Å². The number of likely N-dealkylation sites (tertiary alicyclic amines) is 1. The van der Waals surface area contributed by atoms with E-state index >= 15 is 0 Å². The van der Waals surface area contributed by atoms with Crippen molar-refractivity contribution in [3.63, 3.8) is 0 Å². The molecule has 1 saturated heterocycles. The first-order valence-corrected chi connectivity index (χ1v) is 5.76. The van der Waals surface area contributed by atoms with Crippen LogP contribution in [0, 0.1) is 11.3 Å². The van der Waals surface area contributed by atoms with Crippen molar-refractivity contribution in [1.29, 1.82) is 5.26 Å². The second kappa shape index (κ2) is 4.88. The SMILES string of the molecule is CCN1C(=O)CC(Nc2ccc(C#N)cc2)C1=O. The van der Waals surface area contributed by atoms with Gasteiger partial charge in [0.1, 0.15) is 6.04 Å². The summed E-state index contributed by atoms with van der Waals surface area (Å²) in [5, 5.41) is 11.7. The minimum Gasteiger partial charge on any atom is -0.373 e. The van der Waals surface area contributed by atoms with Gasteiger partial charge in [0.25, 0.3) is 5.91 Å². The molecule has 0 radical (unpaired) electrons. The molecule has 0 bridgehead atoms. The second-order valence-electron chi connectivity index (χ2n) is 4.07. The molecule has 0 saturated carbocycles. The van der Waals surface area contributed by atoms with Crippen LogP contribution >= 0.6 is 0 Å². The van der Waals surface area contributed by atoms with Crippen LogP contribution in [0.4, 0.5) is 5.69 Å². The molecule has 1 aliphatic rings. The van der Waals surface area contributed by atoms with E-state index < -0.39 is 6.04 Å². The Labute approximate surface area is 105 Å². The van der Waals surface area contributed by atoms with E-state index in [0.717, 1.165) is 5.69 Å². The number of hydrogen-bond donors (Lipinski definition) is 1. The minimum absolute atomic E-state index is 0.145. The number of nitrogens with one attached hydrogen (secondary N) is 1. The molecule has 18 heavy (non-hydrogen) atoms. The van der Waals surface area contributed by atoms with Gasteiger partial charge in [-0.25, -0.2) is 0 Å². The first kappa shape index (κ1) is 12.1. The summed E-state index contributed by atoms with van der Waals surface area (Å²) in [7, 11) is 0. The van der Waals surface area contributed by atoms with Crippen molar-refractivity contribution in [2.75, 3.05) is 11.9 Å². The van der Waals surface area contributed by atoms with Crippen molar-refractivity contribution in [2.45, 2.75) is 19.4 Å². The number of rotatable bonds is 3. The van der Waals surface area contributed by atoms with E-state index in [-0.39, 0.29) is 18.2 Å². The monoisotopic (exact) mass is 243 g/mol. The highest BCUT2D eigenvalue weighted by atomic mass is 16.2. The maximum absolute atomic E-state index is 11.9. The lowest BCUT2D eigenvalue weighted by molar-refractivity contribution is -0.138. The third-order valence-corrected chi connectivity index (χ3v) is 2.92. The summed E-state index contributed by atoms with van der Waals surface area (Å²) in [6, 6.07) is 8.32. The molecule has 1 atom stereocenters. The molecule has 1 heterocycles. The number of likely N-dealkylation sites (N-methyl/N-ethyl adjacent to an activating group) is 1. The van der Waals surface area contributed by atoms with E-state index in [1.54, 1.807) is 31.2 Å². The molecule has 2 rings (SSSR count). The van der Waals surface area contributed by atoms with E-state index in [1.807, 2.05) is 6.07 Å². The van der Waals surface area contributed by atoms with E-state index in [2.05, 4.69) is 5.32 Å². The van der Waals surface area contributed by atoms with Crippen LogP contribution in [0.2, 0.25) is 0 Å². The molecule has 1 aromatic rings. The average Bonchev–Trinajstić information content (AvgIpc) is 2.65. The fourth-order valence-corrected chi connectivity index (χ4v) is 1.97. The van der Waals surface area contributed by atoms with Gasteiger partial charge in [-0.3, -0.25) is 14.5 Å². The zero-order valence-electron chi connectivity index (χ0n) is 10.0. The van der Waals surface area contributed by atoms with Gasteiger partial charge in [0.2, 0.25) is 5.91 Å². The predicted molar refractivity (Wildman–Crippen MR) is 65.6 cm³/mol. The van der Waals surface area contributed by atoms with Gasteiger partial charge >= 0.3 is 0 Å². The van der Waals surface area contributed by atoms with Crippen LogP contribution in [0.1, 0.15) is 18.9 Å². The Morgan fingerprint density at radius 1 is 1.39 bits per heavy atom. The molecule has 0 spiro atoms. The summed E-state index contributed by atoms with van der Waals surface area (Å²) in [5.74, 6) is -0.333. The molecular weight excluding hydrogens is 230 g/mol. The van der Waals surface area contributed by atoms with E-state index in [1.165, 1.54) is 4.90 Å². The zero-order valence-corrected chi connectivity index (χ0v) is 10.0. The van der Waals surface area contributed by atoms with Crippen LogP contribution in [-0.4, -0.2) is 29.3 Å². The quantitative estimate of drug-likeness (QED) is 0.807. The highest BCUT2D eigenvalue weighted by molar-refractivity contribution is 6.06. The van der Waals surface area contributed by atoms with Crippen molar-refractivity contribution in [1.82, 2.24) is 4.90 Å². The molecule has 5 heteroatoms. The van der Waals surface area contributed by atoms with Gasteiger partial charge < -0.3 is 5.32 Å². The summed E-state index contributed by atoms with van der Waals surface area (Å²) < 4.78 is 0. The molecule has 1 unspecified atom stereocenters. The van der Waals surface area contributed by atoms with E-state index in [9.17, 15) is 9.59 Å². The zero-order chi connectivity index (χ0) is 13.1. The Bertz CT molecular complexity index is 516. The Balaban J connectivity index is 2.08. The number of benzene rings is 1. The van der Waals surface area contributed by atoms with Crippen LogP contribution in [0.25, 0.3) is 0 Å². The lowest BCUT2D eigenvalue weighted by Gasteiger charge is -2.13. The number of nitrogens with zero attached hydrogens (tertiary/aromatic N) is 2. The van der Waals surface area contributed by atoms with Crippen molar-refractivity contribution in [3.05, 3.63) is 29.8 Å². The number of carbonyl (C=O) groups is 2. The highest BCUT2D eigenvalue weighted by Crippen LogP contribution is 2.18. The fourth-order valence-electron chi connectivity index (χ4n) is 1.97. The lowest BCUT2D eigenvalue weighted by Crippen LogP contribution is -2.34. The summed E-state index contributed by atoms with van der Waals surface area (Å²) in [6.45, 7) is 2.18. The number of imide groups is 1. The number of hydrogen-bond acceptors (Lipinski definition) is 4. The van der Waals surface area contributed by atoms with Crippen LogP contribution in [0.3, 0.4) is 0 Å². The summed E-state index contributed by atoms with van der Waals surface area (Å²) in [4.78, 5) is 24.7. The molecule has 2 amide bonds. The Morgan fingerprint density at radius 3 is 2.56 bits per heavy atom. The molecule has 0 aliphatic carbocycles. The maximum atomic E-state index is 11.9. The van der Waals surface area contributed by atoms with Crippen LogP contribution < -0.4 is 5.32 Å². The van der Waals surface area contributed by atoms with Gasteiger partial charge in [-0.2, -0.15) is 5.26 Å². The molecule has 1 aliphatic heterocycles. The van der Waals surface area contributed by atoms with Crippen LogP contribution in [0.15, 0.2) is 24.3 Å². The van der Waals surface area contributed by atoms with Gasteiger partial charge in [-0.05, 0) is 31.2 Å². The first-order chi connectivity index (χ1) is 8.65.